The molecular weight excluding hydrogens is 416 g/mol. The lowest BCUT2D eigenvalue weighted by Gasteiger charge is -2.34. The Balaban J connectivity index is 1.60. The van der Waals surface area contributed by atoms with Crippen LogP contribution in [0.15, 0.2) is 42.7 Å². The van der Waals surface area contributed by atoms with Gasteiger partial charge in [-0.25, -0.2) is 15.0 Å². The summed E-state index contributed by atoms with van der Waals surface area (Å²) >= 11 is 0. The molecule has 1 aliphatic rings. The minimum atomic E-state index is 0.179. The molecule has 1 aromatic carbocycles. The number of aromatic nitrogens is 7. The van der Waals surface area contributed by atoms with Gasteiger partial charge in [0.25, 0.3) is 0 Å². The summed E-state index contributed by atoms with van der Waals surface area (Å²) in [5, 5.41) is 12.6. The van der Waals surface area contributed by atoms with E-state index in [1.165, 1.54) is 0 Å². The highest BCUT2D eigenvalue weighted by molar-refractivity contribution is 5.95. The van der Waals surface area contributed by atoms with E-state index in [4.69, 9.17) is 19.7 Å². The highest BCUT2D eigenvalue weighted by Gasteiger charge is 2.25. The third-order valence-electron chi connectivity index (χ3n) is 6.25. The van der Waals surface area contributed by atoms with E-state index < -0.39 is 0 Å². The molecule has 0 unspecified atom stereocenters. The number of benzene rings is 1. The first-order valence-corrected chi connectivity index (χ1v) is 11.0. The van der Waals surface area contributed by atoms with E-state index in [1.807, 2.05) is 61.4 Å². The first-order valence-electron chi connectivity index (χ1n) is 11.0. The predicted molar refractivity (Wildman–Crippen MR) is 127 cm³/mol. The van der Waals surface area contributed by atoms with Crippen LogP contribution in [0.1, 0.15) is 12.5 Å². The topological polar surface area (TPSA) is 97.6 Å². The van der Waals surface area contributed by atoms with E-state index >= 15 is 0 Å². The Morgan fingerprint density at radius 2 is 2.00 bits per heavy atom. The molecule has 0 saturated carbocycles. The molecule has 5 aromatic rings. The van der Waals surface area contributed by atoms with Crippen LogP contribution in [0.4, 0.5) is 5.82 Å². The largest absolute Gasteiger partial charge is 0.377 e. The molecule has 4 aromatic heterocycles. The van der Waals surface area contributed by atoms with Gasteiger partial charge in [0.05, 0.1) is 54.1 Å². The fourth-order valence-corrected chi connectivity index (χ4v) is 4.57. The van der Waals surface area contributed by atoms with E-state index in [0.29, 0.717) is 19.0 Å². The van der Waals surface area contributed by atoms with Crippen molar-refractivity contribution in [1.29, 1.82) is 0 Å². The van der Waals surface area contributed by atoms with Crippen LogP contribution in [0.5, 0.6) is 0 Å². The number of aryl methyl sites for hydroxylation is 2. The van der Waals surface area contributed by atoms with Crippen molar-refractivity contribution >= 4 is 27.8 Å². The monoisotopic (exact) mass is 440 g/mol. The lowest BCUT2D eigenvalue weighted by atomic mass is 10.1. The highest BCUT2D eigenvalue weighted by Crippen LogP contribution is 2.33. The molecule has 33 heavy (non-hydrogen) atoms. The van der Waals surface area contributed by atoms with E-state index in [1.54, 1.807) is 0 Å². The second kappa shape index (κ2) is 7.63. The van der Waals surface area contributed by atoms with Crippen LogP contribution >= 0.6 is 0 Å². The molecule has 5 heterocycles. The first-order chi connectivity index (χ1) is 16.1. The number of hydrogen-bond acceptors (Lipinski definition) is 7. The third kappa shape index (κ3) is 3.23. The summed E-state index contributed by atoms with van der Waals surface area (Å²) in [4.78, 5) is 17.3. The number of aromatic amines is 1. The second-order valence-electron chi connectivity index (χ2n) is 8.49. The van der Waals surface area contributed by atoms with E-state index in [9.17, 15) is 0 Å². The molecule has 166 valence electrons. The van der Waals surface area contributed by atoms with Crippen LogP contribution in [0.2, 0.25) is 0 Å². The minimum Gasteiger partial charge on any atom is -0.377 e. The maximum atomic E-state index is 5.69. The summed E-state index contributed by atoms with van der Waals surface area (Å²) in [6, 6.07) is 10.2. The second-order valence-corrected chi connectivity index (χ2v) is 8.49. The summed E-state index contributed by atoms with van der Waals surface area (Å²) in [5.41, 5.74) is 6.41. The summed E-state index contributed by atoms with van der Waals surface area (Å²) in [5.74, 6) is 1.49. The van der Waals surface area contributed by atoms with Gasteiger partial charge in [0.1, 0.15) is 5.52 Å². The number of fused-ring (bicyclic) bond motifs is 2. The quantitative estimate of drug-likeness (QED) is 0.458. The summed E-state index contributed by atoms with van der Waals surface area (Å²) in [7, 11) is 1.93. The van der Waals surface area contributed by atoms with Crippen LogP contribution in [0.25, 0.3) is 44.7 Å². The molecule has 1 fully saturated rings. The Labute approximate surface area is 190 Å². The lowest BCUT2D eigenvalue weighted by molar-refractivity contribution is 0.0987. The van der Waals surface area contributed by atoms with Crippen LogP contribution < -0.4 is 4.90 Å². The summed E-state index contributed by atoms with van der Waals surface area (Å²) in [6.07, 6.45) is 3.68. The van der Waals surface area contributed by atoms with Crippen molar-refractivity contribution in [1.82, 2.24) is 34.9 Å². The molecule has 0 radical (unpaired) electrons. The van der Waals surface area contributed by atoms with Gasteiger partial charge in [-0.1, -0.05) is 12.1 Å². The predicted octanol–water partition coefficient (Wildman–Crippen LogP) is 3.50. The van der Waals surface area contributed by atoms with Gasteiger partial charge < -0.3 is 9.64 Å². The number of hydrogen-bond donors (Lipinski definition) is 1. The maximum absolute atomic E-state index is 5.69. The summed E-state index contributed by atoms with van der Waals surface area (Å²) in [6.45, 7) is 6.25. The van der Waals surface area contributed by atoms with Gasteiger partial charge >= 0.3 is 0 Å². The SMILES string of the molecule is Cc1cnn(C)c1-c1ccc2nc(-c3cccc4[nH]ncc34)nc(N3CCOC[C@H]3C)c2n1. The zero-order chi connectivity index (χ0) is 22.5. The van der Waals surface area contributed by atoms with Gasteiger partial charge in [0.2, 0.25) is 0 Å². The number of nitrogens with one attached hydrogen (secondary N) is 1. The Morgan fingerprint density at radius 1 is 1.09 bits per heavy atom. The Hall–Kier alpha value is -3.85. The van der Waals surface area contributed by atoms with Gasteiger partial charge in [-0.05, 0) is 37.6 Å². The molecule has 6 rings (SSSR count). The van der Waals surface area contributed by atoms with Crippen LogP contribution in [-0.2, 0) is 11.8 Å². The molecule has 0 amide bonds. The average Bonchev–Trinajstić information content (AvgIpc) is 3.44. The molecule has 1 N–H and O–H groups in total. The molecule has 0 bridgehead atoms. The average molecular weight is 441 g/mol. The maximum Gasteiger partial charge on any atom is 0.163 e. The zero-order valence-corrected chi connectivity index (χ0v) is 18.8. The van der Waals surface area contributed by atoms with Crippen LogP contribution in [0.3, 0.4) is 0 Å². The fraction of sp³-hybridized carbons (Fsp3) is 0.292. The number of rotatable bonds is 3. The molecular formula is C24H24N8O. The zero-order valence-electron chi connectivity index (χ0n) is 18.8. The van der Waals surface area contributed by atoms with Crippen molar-refractivity contribution in [3.8, 4) is 22.8 Å². The number of pyridine rings is 1. The van der Waals surface area contributed by atoms with Crippen LogP contribution in [0, 0.1) is 6.92 Å². The lowest BCUT2D eigenvalue weighted by Crippen LogP contribution is -2.44. The number of H-pyrrole nitrogens is 1. The van der Waals surface area contributed by atoms with E-state index in [-0.39, 0.29) is 6.04 Å². The molecule has 9 heteroatoms. The van der Waals surface area contributed by atoms with Crippen molar-refractivity contribution in [3.05, 3.63) is 48.3 Å². The molecule has 1 saturated heterocycles. The fourth-order valence-electron chi connectivity index (χ4n) is 4.57. The van der Waals surface area contributed by atoms with E-state index in [0.717, 1.165) is 56.8 Å². The Morgan fingerprint density at radius 3 is 2.82 bits per heavy atom. The van der Waals surface area contributed by atoms with Gasteiger partial charge in [0.15, 0.2) is 11.6 Å². The third-order valence-corrected chi connectivity index (χ3v) is 6.25. The van der Waals surface area contributed by atoms with Crippen molar-refractivity contribution < 1.29 is 4.74 Å². The van der Waals surface area contributed by atoms with Crippen molar-refractivity contribution in [3.63, 3.8) is 0 Å². The normalized spacial score (nSPS) is 16.7. The Kier molecular flexibility index (Phi) is 4.58. The molecule has 1 aliphatic heterocycles. The smallest absolute Gasteiger partial charge is 0.163 e. The number of anilines is 1. The van der Waals surface area contributed by atoms with Crippen LogP contribution in [-0.4, -0.2) is 60.7 Å². The van der Waals surface area contributed by atoms with Gasteiger partial charge in [-0.2, -0.15) is 10.2 Å². The van der Waals surface area contributed by atoms with Crippen molar-refractivity contribution in [2.24, 2.45) is 7.05 Å². The molecule has 1 atom stereocenters. The number of ether oxygens (including phenoxy) is 1. The van der Waals surface area contributed by atoms with E-state index in [2.05, 4.69) is 27.1 Å². The highest BCUT2D eigenvalue weighted by atomic mass is 16.5. The standard InChI is InChI=1S/C24H24N8O/c1-14-11-26-31(3)22(14)20-8-7-19-21(27-20)24(32-9-10-33-13-15(32)2)29-23(28-19)16-5-4-6-18-17(16)12-25-30-18/h4-8,11-12,15H,9-10,13H2,1-3H3,(H,25,30)/t15-/m1/s1. The van der Waals surface area contributed by atoms with Gasteiger partial charge in [-0.15, -0.1) is 0 Å². The first kappa shape index (κ1) is 19.8. The molecule has 9 nitrogen and oxygen atoms in total. The van der Waals surface area contributed by atoms with Gasteiger partial charge in [-0.3, -0.25) is 9.78 Å². The van der Waals surface area contributed by atoms with Gasteiger partial charge in [0, 0.05) is 24.5 Å². The summed E-state index contributed by atoms with van der Waals surface area (Å²) < 4.78 is 7.55. The Bertz CT molecular complexity index is 1470. The molecule has 0 spiro atoms. The number of nitrogens with zero attached hydrogens (tertiary/aromatic N) is 7. The molecule has 0 aliphatic carbocycles. The minimum absolute atomic E-state index is 0.179. The number of morpholine rings is 1. The van der Waals surface area contributed by atoms with Crippen molar-refractivity contribution in [2.45, 2.75) is 19.9 Å². The van der Waals surface area contributed by atoms with Crippen molar-refractivity contribution in [2.75, 3.05) is 24.7 Å².